The van der Waals surface area contributed by atoms with E-state index in [1.165, 1.54) is 6.33 Å². The van der Waals surface area contributed by atoms with Crippen molar-refractivity contribution in [2.24, 2.45) is 5.92 Å². The highest BCUT2D eigenvalue weighted by atomic mass is 35.5. The maximum absolute atomic E-state index is 11.4. The summed E-state index contributed by atoms with van der Waals surface area (Å²) < 4.78 is 0. The number of aromatic nitrogens is 2. The minimum Gasteiger partial charge on any atom is -0.382 e. The molecule has 0 bridgehead atoms. The molecule has 6 nitrogen and oxygen atoms in total. The largest absolute Gasteiger partial charge is 0.382 e. The van der Waals surface area contributed by atoms with Crippen LogP contribution < -0.4 is 16.4 Å². The zero-order valence-electron chi connectivity index (χ0n) is 10.5. The molecule has 0 spiro atoms. The third-order valence-corrected chi connectivity index (χ3v) is 2.54. The topological polar surface area (TPSA) is 92.9 Å². The van der Waals surface area contributed by atoms with Crippen molar-refractivity contribution in [2.75, 3.05) is 24.1 Å². The number of nitrogens with two attached hydrogens (primary N) is 1. The van der Waals surface area contributed by atoms with Gasteiger partial charge in [-0.15, -0.1) is 0 Å². The van der Waals surface area contributed by atoms with Crippen molar-refractivity contribution < 1.29 is 4.79 Å². The number of hydrogen-bond acceptors (Lipinski definition) is 5. The fraction of sp³-hybridized carbons (Fsp3) is 0.545. The lowest BCUT2D eigenvalue weighted by molar-refractivity contribution is -0.120. The molecule has 0 aliphatic carbocycles. The van der Waals surface area contributed by atoms with Gasteiger partial charge in [-0.3, -0.25) is 4.79 Å². The number of nitrogen functional groups attached to an aromatic ring is 1. The third kappa shape index (κ3) is 4.75. The molecular weight excluding hydrogens is 254 g/mol. The van der Waals surface area contributed by atoms with Crippen LogP contribution in [-0.4, -0.2) is 29.0 Å². The minimum atomic E-state index is -0.00523. The van der Waals surface area contributed by atoms with Crippen LogP contribution in [0.3, 0.4) is 0 Å². The fourth-order valence-electron chi connectivity index (χ4n) is 1.21. The number of halogens is 1. The van der Waals surface area contributed by atoms with Gasteiger partial charge in [-0.25, -0.2) is 9.97 Å². The first-order chi connectivity index (χ1) is 8.50. The predicted molar refractivity (Wildman–Crippen MR) is 72.4 cm³/mol. The van der Waals surface area contributed by atoms with Crippen LogP contribution in [0.4, 0.5) is 11.6 Å². The van der Waals surface area contributed by atoms with E-state index in [0.717, 1.165) is 0 Å². The van der Waals surface area contributed by atoms with E-state index in [4.69, 9.17) is 17.3 Å². The van der Waals surface area contributed by atoms with Gasteiger partial charge in [0.1, 0.15) is 23.0 Å². The number of rotatable bonds is 6. The van der Waals surface area contributed by atoms with Crippen LogP contribution in [0.2, 0.25) is 5.02 Å². The van der Waals surface area contributed by atoms with E-state index < -0.39 is 0 Å². The number of nitrogens with zero attached hydrogens (tertiary/aromatic N) is 2. The molecule has 0 aromatic carbocycles. The zero-order chi connectivity index (χ0) is 13.5. The molecule has 0 aliphatic rings. The van der Waals surface area contributed by atoms with E-state index in [9.17, 15) is 4.79 Å². The van der Waals surface area contributed by atoms with E-state index in [0.29, 0.717) is 31.2 Å². The summed E-state index contributed by atoms with van der Waals surface area (Å²) in [5.41, 5.74) is 5.53. The average Bonchev–Trinajstić information content (AvgIpc) is 2.32. The molecule has 0 atom stereocenters. The Kier molecular flexibility index (Phi) is 5.64. The van der Waals surface area contributed by atoms with E-state index in [-0.39, 0.29) is 16.7 Å². The number of carbonyl (C=O) groups is 1. The Balaban J connectivity index is 2.33. The lowest BCUT2D eigenvalue weighted by Crippen LogP contribution is -2.28. The lowest BCUT2D eigenvalue weighted by atomic mass is 10.2. The smallest absolute Gasteiger partial charge is 0.221 e. The summed E-state index contributed by atoms with van der Waals surface area (Å²) in [6.45, 7) is 5.21. The van der Waals surface area contributed by atoms with Crippen molar-refractivity contribution in [3.05, 3.63) is 11.3 Å². The van der Waals surface area contributed by atoms with Crippen LogP contribution in [0, 0.1) is 5.92 Å². The molecule has 0 saturated heterocycles. The quantitative estimate of drug-likeness (QED) is 0.725. The molecule has 0 fully saturated rings. The van der Waals surface area contributed by atoms with E-state index in [1.807, 2.05) is 13.8 Å². The summed E-state index contributed by atoms with van der Waals surface area (Å²) in [4.78, 5) is 19.1. The molecule has 18 heavy (non-hydrogen) atoms. The van der Waals surface area contributed by atoms with Gasteiger partial charge in [0, 0.05) is 19.5 Å². The van der Waals surface area contributed by atoms with Crippen LogP contribution in [-0.2, 0) is 4.79 Å². The molecule has 1 heterocycles. The maximum atomic E-state index is 11.4. The van der Waals surface area contributed by atoms with Gasteiger partial charge in [-0.2, -0.15) is 0 Å². The fourth-order valence-corrected chi connectivity index (χ4v) is 1.37. The number of amides is 1. The van der Waals surface area contributed by atoms with Crippen molar-refractivity contribution >= 4 is 29.1 Å². The highest BCUT2D eigenvalue weighted by Gasteiger charge is 2.07. The van der Waals surface area contributed by atoms with Crippen LogP contribution in [0.25, 0.3) is 0 Å². The maximum Gasteiger partial charge on any atom is 0.221 e. The molecule has 1 aromatic rings. The van der Waals surface area contributed by atoms with Gasteiger partial charge in [-0.05, 0) is 5.92 Å². The summed E-state index contributed by atoms with van der Waals surface area (Å²) in [5, 5.41) is 6.05. The van der Waals surface area contributed by atoms with Crippen LogP contribution >= 0.6 is 11.6 Å². The number of carbonyl (C=O) groups excluding carboxylic acids is 1. The zero-order valence-corrected chi connectivity index (χ0v) is 11.3. The molecule has 0 unspecified atom stereocenters. The summed E-state index contributed by atoms with van der Waals surface area (Å²) in [7, 11) is 0. The summed E-state index contributed by atoms with van der Waals surface area (Å²) >= 11 is 5.90. The first-order valence-electron chi connectivity index (χ1n) is 5.77. The summed E-state index contributed by atoms with van der Waals surface area (Å²) in [6.07, 6.45) is 1.68. The molecule has 1 aromatic heterocycles. The standard InChI is InChI=1S/C11H18ClN5O/c1-7(2)5-15-8(18)3-4-14-11-9(12)10(13)16-6-17-11/h6-7H,3-5H2,1-2H3,(H,15,18)(H3,13,14,16,17). The Hall–Kier alpha value is -1.56. The van der Waals surface area contributed by atoms with Gasteiger partial charge in [-0.1, -0.05) is 25.4 Å². The van der Waals surface area contributed by atoms with Crippen molar-refractivity contribution in [1.82, 2.24) is 15.3 Å². The third-order valence-electron chi connectivity index (χ3n) is 2.17. The average molecular weight is 272 g/mol. The molecule has 4 N–H and O–H groups in total. The molecular formula is C11H18ClN5O. The highest BCUT2D eigenvalue weighted by molar-refractivity contribution is 6.35. The Labute approximate surface area is 111 Å². The second kappa shape index (κ2) is 7.00. The van der Waals surface area contributed by atoms with Gasteiger partial charge in [0.25, 0.3) is 0 Å². The SMILES string of the molecule is CC(C)CNC(=O)CCNc1ncnc(N)c1Cl. The number of hydrogen-bond donors (Lipinski definition) is 3. The second-order valence-corrected chi connectivity index (χ2v) is 4.67. The second-order valence-electron chi connectivity index (χ2n) is 4.30. The summed E-state index contributed by atoms with van der Waals surface area (Å²) in [6, 6.07) is 0. The Morgan fingerprint density at radius 3 is 2.89 bits per heavy atom. The normalized spacial score (nSPS) is 10.4. The van der Waals surface area contributed by atoms with E-state index in [2.05, 4.69) is 20.6 Å². The first-order valence-corrected chi connectivity index (χ1v) is 6.15. The number of nitrogens with one attached hydrogen (secondary N) is 2. The van der Waals surface area contributed by atoms with Crippen molar-refractivity contribution in [2.45, 2.75) is 20.3 Å². The molecule has 0 aliphatic heterocycles. The molecule has 100 valence electrons. The van der Waals surface area contributed by atoms with Gasteiger partial charge < -0.3 is 16.4 Å². The van der Waals surface area contributed by atoms with Gasteiger partial charge in [0.2, 0.25) is 5.91 Å². The Morgan fingerprint density at radius 1 is 1.50 bits per heavy atom. The van der Waals surface area contributed by atoms with Crippen molar-refractivity contribution in [3.63, 3.8) is 0 Å². The molecule has 7 heteroatoms. The van der Waals surface area contributed by atoms with E-state index >= 15 is 0 Å². The minimum absolute atomic E-state index is 0.00523. The predicted octanol–water partition coefficient (Wildman–Crippen LogP) is 1.29. The summed E-state index contributed by atoms with van der Waals surface area (Å²) in [5.74, 6) is 1.10. The van der Waals surface area contributed by atoms with Crippen molar-refractivity contribution in [3.8, 4) is 0 Å². The molecule has 1 rings (SSSR count). The highest BCUT2D eigenvalue weighted by Crippen LogP contribution is 2.22. The van der Waals surface area contributed by atoms with Gasteiger partial charge in [0.15, 0.2) is 0 Å². The molecule has 0 saturated carbocycles. The van der Waals surface area contributed by atoms with Gasteiger partial charge in [0.05, 0.1) is 0 Å². The van der Waals surface area contributed by atoms with Crippen LogP contribution in [0.5, 0.6) is 0 Å². The Morgan fingerprint density at radius 2 is 2.22 bits per heavy atom. The Bertz CT molecular complexity index is 410. The van der Waals surface area contributed by atoms with Crippen LogP contribution in [0.15, 0.2) is 6.33 Å². The lowest BCUT2D eigenvalue weighted by Gasteiger charge is -2.09. The molecule has 0 radical (unpaired) electrons. The van der Waals surface area contributed by atoms with Crippen LogP contribution in [0.1, 0.15) is 20.3 Å². The van der Waals surface area contributed by atoms with Gasteiger partial charge >= 0.3 is 0 Å². The van der Waals surface area contributed by atoms with Crippen molar-refractivity contribution in [1.29, 1.82) is 0 Å². The monoisotopic (exact) mass is 271 g/mol. The number of anilines is 2. The first kappa shape index (κ1) is 14.5. The van der Waals surface area contributed by atoms with E-state index in [1.54, 1.807) is 0 Å². The molecule has 1 amide bonds.